The van der Waals surface area contributed by atoms with Gasteiger partial charge in [0.1, 0.15) is 0 Å². The van der Waals surface area contributed by atoms with E-state index in [0.717, 1.165) is 25.0 Å². The zero-order valence-electron chi connectivity index (χ0n) is 9.92. The van der Waals surface area contributed by atoms with Crippen LogP contribution in [0.5, 0.6) is 0 Å². The van der Waals surface area contributed by atoms with Crippen LogP contribution < -0.4 is 11.3 Å². The Morgan fingerprint density at radius 1 is 1.41 bits per heavy atom. The van der Waals surface area contributed by atoms with Crippen LogP contribution in [-0.2, 0) is 4.74 Å². The van der Waals surface area contributed by atoms with Crippen molar-refractivity contribution in [3.05, 3.63) is 11.8 Å². The molecule has 0 radical (unpaired) electrons. The largest absolute Gasteiger partial charge is 0.501 e. The van der Waals surface area contributed by atoms with Crippen molar-refractivity contribution < 1.29 is 13.5 Å². The van der Waals surface area contributed by atoms with Gasteiger partial charge in [0, 0.05) is 18.9 Å². The van der Waals surface area contributed by atoms with Crippen molar-refractivity contribution in [3.8, 4) is 0 Å². The number of nitrogens with two attached hydrogens (primary N) is 1. The van der Waals surface area contributed by atoms with Crippen LogP contribution in [0.3, 0.4) is 0 Å². The fourth-order valence-corrected chi connectivity index (χ4v) is 2.75. The Bertz CT molecular complexity index is 284. The molecule has 17 heavy (non-hydrogen) atoms. The Kier molecular flexibility index (Phi) is 3.99. The molecule has 3 nitrogen and oxygen atoms in total. The van der Waals surface area contributed by atoms with Crippen LogP contribution >= 0.6 is 0 Å². The summed E-state index contributed by atoms with van der Waals surface area (Å²) in [6.07, 6.45) is 4.68. The predicted octanol–water partition coefficient (Wildman–Crippen LogP) is 2.34. The van der Waals surface area contributed by atoms with Crippen LogP contribution in [0.15, 0.2) is 11.8 Å². The van der Waals surface area contributed by atoms with E-state index in [-0.39, 0.29) is 24.8 Å². The van der Waals surface area contributed by atoms with Crippen molar-refractivity contribution in [3.63, 3.8) is 0 Å². The van der Waals surface area contributed by atoms with E-state index >= 15 is 0 Å². The minimum atomic E-state index is -2.48. The van der Waals surface area contributed by atoms with E-state index in [4.69, 9.17) is 10.6 Å². The molecule has 0 amide bonds. The van der Waals surface area contributed by atoms with Gasteiger partial charge in [-0.2, -0.15) is 0 Å². The molecule has 1 unspecified atom stereocenters. The fraction of sp³-hybridized carbons (Fsp3) is 0.833. The highest BCUT2D eigenvalue weighted by Gasteiger charge is 2.38. The lowest BCUT2D eigenvalue weighted by Crippen LogP contribution is -2.45. The second-order valence-electron chi connectivity index (χ2n) is 5.00. The van der Waals surface area contributed by atoms with Crippen molar-refractivity contribution in [2.45, 2.75) is 50.5 Å². The molecule has 1 aliphatic heterocycles. The zero-order chi connectivity index (χ0) is 12.3. The SMILES string of the molecule is NNC(C1=COCCC1)C1CCC(F)(F)CC1. The summed E-state index contributed by atoms with van der Waals surface area (Å²) in [7, 11) is 0. The molecule has 1 aliphatic carbocycles. The van der Waals surface area contributed by atoms with Gasteiger partial charge in [-0.3, -0.25) is 11.3 Å². The van der Waals surface area contributed by atoms with Crippen molar-refractivity contribution in [1.29, 1.82) is 0 Å². The number of ether oxygens (including phenoxy) is 1. The first-order valence-electron chi connectivity index (χ1n) is 6.27. The molecular formula is C12H20F2N2O. The molecule has 5 heteroatoms. The molecule has 1 saturated carbocycles. The third-order valence-corrected chi connectivity index (χ3v) is 3.77. The van der Waals surface area contributed by atoms with Crippen molar-refractivity contribution in [1.82, 2.24) is 5.43 Å². The smallest absolute Gasteiger partial charge is 0.248 e. The molecule has 0 saturated heterocycles. The normalized spacial score (nSPS) is 27.1. The molecule has 2 rings (SSSR count). The van der Waals surface area contributed by atoms with Gasteiger partial charge < -0.3 is 4.74 Å². The summed E-state index contributed by atoms with van der Waals surface area (Å²) in [6.45, 7) is 0.740. The first-order chi connectivity index (χ1) is 8.12. The number of alkyl halides is 2. The Morgan fingerprint density at radius 3 is 2.65 bits per heavy atom. The summed E-state index contributed by atoms with van der Waals surface area (Å²) in [4.78, 5) is 0. The van der Waals surface area contributed by atoms with E-state index < -0.39 is 5.92 Å². The van der Waals surface area contributed by atoms with Gasteiger partial charge in [-0.1, -0.05) is 0 Å². The molecule has 98 valence electrons. The third-order valence-electron chi connectivity index (χ3n) is 3.77. The molecule has 1 atom stereocenters. The van der Waals surface area contributed by atoms with E-state index in [2.05, 4.69) is 5.43 Å². The summed E-state index contributed by atoms with van der Waals surface area (Å²) in [5.41, 5.74) is 3.90. The summed E-state index contributed by atoms with van der Waals surface area (Å²) < 4.78 is 31.5. The predicted molar refractivity (Wildman–Crippen MR) is 61.3 cm³/mol. The summed E-state index contributed by atoms with van der Waals surface area (Å²) in [5.74, 6) is 3.29. The van der Waals surface area contributed by atoms with Crippen LogP contribution in [0.4, 0.5) is 8.78 Å². The van der Waals surface area contributed by atoms with Gasteiger partial charge in [0.05, 0.1) is 12.9 Å². The second-order valence-corrected chi connectivity index (χ2v) is 5.00. The number of nitrogens with one attached hydrogen (secondary N) is 1. The van der Waals surface area contributed by atoms with Crippen LogP contribution in [0.1, 0.15) is 38.5 Å². The maximum absolute atomic E-state index is 13.1. The highest BCUT2D eigenvalue weighted by Crippen LogP contribution is 2.39. The second kappa shape index (κ2) is 5.31. The average molecular weight is 246 g/mol. The molecule has 0 aromatic heterocycles. The van der Waals surface area contributed by atoms with Gasteiger partial charge in [-0.15, -0.1) is 0 Å². The monoisotopic (exact) mass is 246 g/mol. The van der Waals surface area contributed by atoms with Gasteiger partial charge in [-0.05, 0) is 37.2 Å². The van der Waals surface area contributed by atoms with Crippen LogP contribution in [0.25, 0.3) is 0 Å². The maximum atomic E-state index is 13.1. The fourth-order valence-electron chi connectivity index (χ4n) is 2.75. The highest BCUT2D eigenvalue weighted by molar-refractivity contribution is 5.12. The number of rotatable bonds is 3. The van der Waals surface area contributed by atoms with E-state index in [0.29, 0.717) is 12.8 Å². The molecule has 0 bridgehead atoms. The molecule has 1 heterocycles. The Labute approximate surface area is 100 Å². The molecule has 0 aromatic rings. The minimum absolute atomic E-state index is 0.00796. The maximum Gasteiger partial charge on any atom is 0.248 e. The molecular weight excluding hydrogens is 226 g/mol. The quantitative estimate of drug-likeness (QED) is 0.593. The first kappa shape index (κ1) is 12.8. The van der Waals surface area contributed by atoms with E-state index in [9.17, 15) is 8.78 Å². The third kappa shape index (κ3) is 3.16. The van der Waals surface area contributed by atoms with Gasteiger partial charge >= 0.3 is 0 Å². The Hall–Kier alpha value is -0.680. The Morgan fingerprint density at radius 2 is 2.12 bits per heavy atom. The molecule has 2 aliphatic rings. The average Bonchev–Trinajstić information content (AvgIpc) is 2.33. The molecule has 0 aromatic carbocycles. The molecule has 3 N–H and O–H groups in total. The number of hydrazine groups is 1. The number of hydrogen-bond donors (Lipinski definition) is 2. The Balaban J connectivity index is 1.97. The lowest BCUT2D eigenvalue weighted by atomic mass is 9.79. The highest BCUT2D eigenvalue weighted by atomic mass is 19.3. The van der Waals surface area contributed by atoms with Gasteiger partial charge in [0.2, 0.25) is 5.92 Å². The van der Waals surface area contributed by atoms with Gasteiger partial charge in [0.25, 0.3) is 0 Å². The van der Waals surface area contributed by atoms with Crippen LogP contribution in [0, 0.1) is 5.92 Å². The zero-order valence-corrected chi connectivity index (χ0v) is 9.92. The lowest BCUT2D eigenvalue weighted by Gasteiger charge is -2.35. The van der Waals surface area contributed by atoms with E-state index in [1.807, 2.05) is 0 Å². The molecule has 0 spiro atoms. The summed E-state index contributed by atoms with van der Waals surface area (Å²) >= 11 is 0. The first-order valence-corrected chi connectivity index (χ1v) is 6.27. The van der Waals surface area contributed by atoms with Gasteiger partial charge in [-0.25, -0.2) is 8.78 Å². The van der Waals surface area contributed by atoms with Crippen LogP contribution in [-0.4, -0.2) is 18.6 Å². The summed E-state index contributed by atoms with van der Waals surface area (Å²) in [6, 6.07) is -0.00796. The van der Waals surface area contributed by atoms with Gasteiger partial charge in [0.15, 0.2) is 0 Å². The number of hydrogen-bond acceptors (Lipinski definition) is 3. The van der Waals surface area contributed by atoms with Crippen LogP contribution in [0.2, 0.25) is 0 Å². The lowest BCUT2D eigenvalue weighted by molar-refractivity contribution is -0.0485. The van der Waals surface area contributed by atoms with Crippen molar-refractivity contribution >= 4 is 0 Å². The summed E-state index contributed by atoms with van der Waals surface area (Å²) in [5, 5.41) is 0. The molecule has 1 fully saturated rings. The van der Waals surface area contributed by atoms with Crippen molar-refractivity contribution in [2.24, 2.45) is 11.8 Å². The van der Waals surface area contributed by atoms with E-state index in [1.54, 1.807) is 6.26 Å². The van der Waals surface area contributed by atoms with Crippen molar-refractivity contribution in [2.75, 3.05) is 6.61 Å². The standard InChI is InChI=1S/C12H20F2N2O/c13-12(14)5-3-9(4-6-12)11(16-15)10-2-1-7-17-8-10/h8-9,11,16H,1-7,15H2. The topological polar surface area (TPSA) is 47.3 Å². The number of halogens is 2. The van der Waals surface area contributed by atoms with E-state index in [1.165, 1.54) is 0 Å². The minimum Gasteiger partial charge on any atom is -0.501 e.